The molecule has 136 valence electrons. The topological polar surface area (TPSA) is 55.2 Å². The maximum atomic E-state index is 5.39. The van der Waals surface area contributed by atoms with Gasteiger partial charge in [-0.2, -0.15) is 0 Å². The van der Waals surface area contributed by atoms with Crippen LogP contribution in [0.25, 0.3) is 5.69 Å². The molecule has 0 bridgehead atoms. The van der Waals surface area contributed by atoms with E-state index in [1.807, 2.05) is 17.1 Å². The Bertz CT molecular complexity index is 811. The van der Waals surface area contributed by atoms with Gasteiger partial charge in [0.25, 0.3) is 0 Å². The van der Waals surface area contributed by atoms with Crippen molar-refractivity contribution in [2.45, 2.75) is 13.0 Å². The van der Waals surface area contributed by atoms with Crippen LogP contribution in [0.1, 0.15) is 11.3 Å². The molecule has 2 aromatic heterocycles. The lowest BCUT2D eigenvalue weighted by Crippen LogP contribution is -2.37. The highest BCUT2D eigenvalue weighted by atomic mass is 32.1. The van der Waals surface area contributed by atoms with Crippen LogP contribution in [0.4, 0.5) is 5.13 Å². The van der Waals surface area contributed by atoms with Gasteiger partial charge in [-0.3, -0.25) is 4.90 Å². The first kappa shape index (κ1) is 17.2. The van der Waals surface area contributed by atoms with E-state index < -0.39 is 0 Å². The van der Waals surface area contributed by atoms with E-state index in [-0.39, 0.29) is 0 Å². The van der Waals surface area contributed by atoms with Crippen molar-refractivity contribution < 1.29 is 4.74 Å². The van der Waals surface area contributed by atoms with Gasteiger partial charge in [0.05, 0.1) is 25.2 Å². The van der Waals surface area contributed by atoms with Crippen LogP contribution in [-0.2, 0) is 17.7 Å². The fraction of sp³-hybridized carbons (Fsp3) is 0.368. The summed E-state index contributed by atoms with van der Waals surface area (Å²) in [6.07, 6.45) is 6.55. The van der Waals surface area contributed by atoms with Crippen LogP contribution in [0, 0.1) is 0 Å². The summed E-state index contributed by atoms with van der Waals surface area (Å²) in [6.45, 7) is 5.58. The standard InChI is InChI=1S/C19H23N5OS/c1-2-16(12-18(3-1)24-7-5-20-15-24)13-21-19-22-17(14-26-19)4-6-23-8-10-25-11-9-23/h1-3,5,7,12,14-15H,4,6,8-11,13H2,(H,21,22). The fourth-order valence-corrected chi connectivity index (χ4v) is 3.76. The average molecular weight is 369 g/mol. The molecule has 0 amide bonds. The van der Waals surface area contributed by atoms with Crippen LogP contribution in [0.15, 0.2) is 48.4 Å². The molecule has 1 aliphatic rings. The highest BCUT2D eigenvalue weighted by Gasteiger charge is 2.11. The van der Waals surface area contributed by atoms with Crippen LogP contribution in [-0.4, -0.2) is 52.3 Å². The smallest absolute Gasteiger partial charge is 0.183 e. The van der Waals surface area contributed by atoms with Crippen LogP contribution in [0.3, 0.4) is 0 Å². The molecule has 1 N–H and O–H groups in total. The third-order valence-corrected chi connectivity index (χ3v) is 5.35. The van der Waals surface area contributed by atoms with E-state index in [2.05, 4.69) is 44.8 Å². The quantitative estimate of drug-likeness (QED) is 0.694. The summed E-state index contributed by atoms with van der Waals surface area (Å²) in [6, 6.07) is 8.45. The molecule has 1 aliphatic heterocycles. The molecular weight excluding hydrogens is 346 g/mol. The monoisotopic (exact) mass is 369 g/mol. The number of nitrogens with zero attached hydrogens (tertiary/aromatic N) is 4. The normalized spacial score (nSPS) is 15.2. The molecule has 7 heteroatoms. The number of rotatable bonds is 7. The zero-order valence-electron chi connectivity index (χ0n) is 14.7. The molecule has 0 unspecified atom stereocenters. The summed E-state index contributed by atoms with van der Waals surface area (Å²) >= 11 is 1.68. The van der Waals surface area contributed by atoms with Crippen molar-refractivity contribution in [1.82, 2.24) is 19.4 Å². The van der Waals surface area contributed by atoms with Crippen LogP contribution >= 0.6 is 11.3 Å². The van der Waals surface area contributed by atoms with Gasteiger partial charge in [-0.25, -0.2) is 9.97 Å². The molecule has 6 nitrogen and oxygen atoms in total. The largest absolute Gasteiger partial charge is 0.379 e. The van der Waals surface area contributed by atoms with Crippen LogP contribution < -0.4 is 5.32 Å². The van der Waals surface area contributed by atoms with Gasteiger partial charge in [-0.15, -0.1) is 11.3 Å². The van der Waals surface area contributed by atoms with Crippen LogP contribution in [0.2, 0.25) is 0 Å². The van der Waals surface area contributed by atoms with Gasteiger partial charge in [0.15, 0.2) is 5.13 Å². The summed E-state index contributed by atoms with van der Waals surface area (Å²) in [5.41, 5.74) is 3.50. The Balaban J connectivity index is 1.30. The number of thiazole rings is 1. The predicted molar refractivity (Wildman–Crippen MR) is 104 cm³/mol. The second-order valence-corrected chi connectivity index (χ2v) is 7.20. The summed E-state index contributed by atoms with van der Waals surface area (Å²) in [4.78, 5) is 11.3. The molecule has 0 aliphatic carbocycles. The van der Waals surface area contributed by atoms with E-state index in [1.54, 1.807) is 17.5 Å². The number of aromatic nitrogens is 3. The Labute approximate surface area is 157 Å². The maximum Gasteiger partial charge on any atom is 0.183 e. The number of ether oxygens (including phenoxy) is 1. The molecule has 3 aromatic rings. The molecule has 4 rings (SSSR count). The Morgan fingerprint density at radius 2 is 2.15 bits per heavy atom. The zero-order valence-corrected chi connectivity index (χ0v) is 15.5. The molecule has 0 saturated carbocycles. The second-order valence-electron chi connectivity index (χ2n) is 6.34. The summed E-state index contributed by atoms with van der Waals surface area (Å²) in [5, 5.41) is 6.58. The molecule has 0 spiro atoms. The first-order chi connectivity index (χ1) is 12.9. The first-order valence-electron chi connectivity index (χ1n) is 8.92. The van der Waals surface area contributed by atoms with E-state index in [0.717, 1.165) is 62.3 Å². The van der Waals surface area contributed by atoms with Gasteiger partial charge in [-0.1, -0.05) is 12.1 Å². The number of anilines is 1. The van der Waals surface area contributed by atoms with E-state index in [4.69, 9.17) is 9.72 Å². The van der Waals surface area contributed by atoms with Gasteiger partial charge in [0, 0.05) is 56.1 Å². The van der Waals surface area contributed by atoms with Gasteiger partial charge < -0.3 is 14.6 Å². The number of nitrogens with one attached hydrogen (secondary N) is 1. The molecule has 26 heavy (non-hydrogen) atoms. The van der Waals surface area contributed by atoms with Crippen molar-refractivity contribution in [3.8, 4) is 5.69 Å². The van der Waals surface area contributed by atoms with Gasteiger partial charge in [0.2, 0.25) is 0 Å². The third-order valence-electron chi connectivity index (χ3n) is 4.50. The first-order valence-corrected chi connectivity index (χ1v) is 9.80. The summed E-state index contributed by atoms with van der Waals surface area (Å²) < 4.78 is 7.40. The van der Waals surface area contributed by atoms with Crippen molar-refractivity contribution in [1.29, 1.82) is 0 Å². The van der Waals surface area contributed by atoms with Crippen molar-refractivity contribution in [2.75, 3.05) is 38.2 Å². The average Bonchev–Trinajstić information content (AvgIpc) is 3.38. The second kappa shape index (κ2) is 8.44. The molecular formula is C19H23N5OS. The lowest BCUT2D eigenvalue weighted by atomic mass is 10.2. The summed E-state index contributed by atoms with van der Waals surface area (Å²) in [5.74, 6) is 0. The molecule has 1 saturated heterocycles. The Kier molecular flexibility index (Phi) is 5.59. The van der Waals surface area contributed by atoms with E-state index >= 15 is 0 Å². The Morgan fingerprint density at radius 1 is 1.23 bits per heavy atom. The lowest BCUT2D eigenvalue weighted by Gasteiger charge is -2.26. The van der Waals surface area contributed by atoms with Gasteiger partial charge in [0.1, 0.15) is 0 Å². The Morgan fingerprint density at radius 3 is 3.00 bits per heavy atom. The van der Waals surface area contributed by atoms with Crippen molar-refractivity contribution in [2.24, 2.45) is 0 Å². The predicted octanol–water partition coefficient (Wildman–Crippen LogP) is 2.82. The van der Waals surface area contributed by atoms with E-state index in [9.17, 15) is 0 Å². The summed E-state index contributed by atoms with van der Waals surface area (Å²) in [7, 11) is 0. The zero-order chi connectivity index (χ0) is 17.6. The molecule has 0 atom stereocenters. The fourth-order valence-electron chi connectivity index (χ4n) is 3.02. The van der Waals surface area contributed by atoms with Crippen molar-refractivity contribution >= 4 is 16.5 Å². The molecule has 1 aromatic carbocycles. The van der Waals surface area contributed by atoms with E-state index in [1.165, 1.54) is 5.56 Å². The number of benzene rings is 1. The third kappa shape index (κ3) is 4.49. The number of hydrogen-bond acceptors (Lipinski definition) is 6. The number of morpholine rings is 1. The van der Waals surface area contributed by atoms with Crippen molar-refractivity contribution in [3.05, 3.63) is 59.6 Å². The Hall–Kier alpha value is -2.22. The van der Waals surface area contributed by atoms with Crippen LogP contribution in [0.5, 0.6) is 0 Å². The highest BCUT2D eigenvalue weighted by molar-refractivity contribution is 7.13. The minimum absolute atomic E-state index is 0.763. The SMILES string of the molecule is c1cc(CNc2nc(CCN3CCOCC3)cs2)cc(-n2ccnc2)c1. The van der Waals surface area contributed by atoms with E-state index in [0.29, 0.717) is 0 Å². The molecule has 3 heterocycles. The number of imidazole rings is 1. The minimum Gasteiger partial charge on any atom is -0.379 e. The maximum absolute atomic E-state index is 5.39. The van der Waals surface area contributed by atoms with Gasteiger partial charge >= 0.3 is 0 Å². The lowest BCUT2D eigenvalue weighted by molar-refractivity contribution is 0.0383. The molecule has 1 fully saturated rings. The van der Waals surface area contributed by atoms with Crippen molar-refractivity contribution in [3.63, 3.8) is 0 Å². The number of hydrogen-bond donors (Lipinski definition) is 1. The van der Waals surface area contributed by atoms with Gasteiger partial charge in [-0.05, 0) is 17.7 Å². The molecule has 0 radical (unpaired) electrons. The highest BCUT2D eigenvalue weighted by Crippen LogP contribution is 2.18. The minimum atomic E-state index is 0.763.